The maximum atomic E-state index is 10.2. The topological polar surface area (TPSA) is 40.5 Å². The molecule has 1 unspecified atom stereocenters. The SMILES string of the molecule is Cc1cccc(Pc2ccccc2C(C)(C)O)c1O. The number of benzene rings is 2. The zero-order valence-electron chi connectivity index (χ0n) is 11.4. The average Bonchev–Trinajstić information content (AvgIpc) is 2.34. The maximum absolute atomic E-state index is 10.2. The standard InChI is InChI=1S/C16H19O2P/c1-11-7-6-10-14(15(11)17)19-13-9-5-4-8-12(13)16(2,3)18/h4-10,17-19H,1-3H3. The maximum Gasteiger partial charge on any atom is 0.126 e. The largest absolute Gasteiger partial charge is 0.507 e. The minimum atomic E-state index is -0.872. The zero-order chi connectivity index (χ0) is 14.0. The highest BCUT2D eigenvalue weighted by Crippen LogP contribution is 2.26. The van der Waals surface area contributed by atoms with Crippen molar-refractivity contribution in [3.8, 4) is 5.75 Å². The molecule has 2 N–H and O–H groups in total. The smallest absolute Gasteiger partial charge is 0.126 e. The van der Waals surface area contributed by atoms with Crippen LogP contribution in [0.2, 0.25) is 0 Å². The molecule has 100 valence electrons. The predicted octanol–water partition coefficient (Wildman–Crippen LogP) is 2.56. The Morgan fingerprint density at radius 1 is 0.947 bits per heavy atom. The van der Waals surface area contributed by atoms with E-state index in [2.05, 4.69) is 0 Å². The number of hydrogen-bond acceptors (Lipinski definition) is 2. The number of hydrogen-bond donors (Lipinski definition) is 2. The van der Waals surface area contributed by atoms with Crippen LogP contribution in [0.4, 0.5) is 0 Å². The molecule has 0 aliphatic rings. The molecule has 0 fully saturated rings. The van der Waals surface area contributed by atoms with E-state index in [4.69, 9.17) is 0 Å². The molecule has 0 radical (unpaired) electrons. The average molecular weight is 274 g/mol. The van der Waals surface area contributed by atoms with Gasteiger partial charge >= 0.3 is 0 Å². The van der Waals surface area contributed by atoms with Crippen molar-refractivity contribution in [3.05, 3.63) is 53.6 Å². The molecule has 0 heterocycles. The van der Waals surface area contributed by atoms with Crippen molar-refractivity contribution in [2.24, 2.45) is 0 Å². The Bertz CT molecular complexity index is 586. The van der Waals surface area contributed by atoms with Gasteiger partial charge in [-0.25, -0.2) is 0 Å². The molecule has 0 amide bonds. The van der Waals surface area contributed by atoms with E-state index in [0.29, 0.717) is 14.3 Å². The molecular weight excluding hydrogens is 255 g/mol. The Morgan fingerprint density at radius 2 is 1.58 bits per heavy atom. The third kappa shape index (κ3) is 3.15. The first kappa shape index (κ1) is 14.0. The van der Waals surface area contributed by atoms with Gasteiger partial charge in [0, 0.05) is 5.30 Å². The van der Waals surface area contributed by atoms with Crippen LogP contribution in [0.3, 0.4) is 0 Å². The minimum absolute atomic E-state index is 0.334. The highest BCUT2D eigenvalue weighted by Gasteiger charge is 2.20. The number of rotatable bonds is 3. The molecule has 1 atom stereocenters. The van der Waals surface area contributed by atoms with Crippen LogP contribution in [0.1, 0.15) is 25.0 Å². The van der Waals surface area contributed by atoms with Crippen LogP contribution in [-0.4, -0.2) is 10.2 Å². The van der Waals surface area contributed by atoms with E-state index in [9.17, 15) is 10.2 Å². The minimum Gasteiger partial charge on any atom is -0.507 e. The first-order valence-corrected chi connectivity index (χ1v) is 7.27. The highest BCUT2D eigenvalue weighted by molar-refractivity contribution is 7.55. The lowest BCUT2D eigenvalue weighted by atomic mass is 9.99. The molecule has 0 saturated heterocycles. The number of phenolic OH excluding ortho intramolecular Hbond substituents is 1. The van der Waals surface area contributed by atoms with Crippen LogP contribution in [0.5, 0.6) is 5.75 Å². The van der Waals surface area contributed by atoms with E-state index in [1.807, 2.05) is 49.4 Å². The van der Waals surface area contributed by atoms with Crippen LogP contribution in [0.15, 0.2) is 42.5 Å². The van der Waals surface area contributed by atoms with E-state index in [-0.39, 0.29) is 0 Å². The van der Waals surface area contributed by atoms with Crippen LogP contribution in [0, 0.1) is 6.92 Å². The Kier molecular flexibility index (Phi) is 3.93. The molecule has 0 aliphatic carbocycles. The summed E-state index contributed by atoms with van der Waals surface area (Å²) in [5, 5.41) is 22.3. The lowest BCUT2D eigenvalue weighted by molar-refractivity contribution is 0.0797. The lowest BCUT2D eigenvalue weighted by Crippen LogP contribution is -2.23. The number of aromatic hydroxyl groups is 1. The van der Waals surface area contributed by atoms with Gasteiger partial charge in [-0.2, -0.15) is 0 Å². The molecule has 0 bridgehead atoms. The quantitative estimate of drug-likeness (QED) is 0.844. The molecule has 2 rings (SSSR count). The molecule has 0 spiro atoms. The van der Waals surface area contributed by atoms with Crippen molar-refractivity contribution >= 4 is 19.2 Å². The normalized spacial score (nSPS) is 12.2. The molecule has 2 aromatic carbocycles. The second-order valence-corrected chi connectivity index (χ2v) is 6.53. The number of phenols is 1. The van der Waals surface area contributed by atoms with Crippen LogP contribution in [-0.2, 0) is 5.60 Å². The monoisotopic (exact) mass is 274 g/mol. The van der Waals surface area contributed by atoms with Gasteiger partial charge in [-0.05, 0) is 37.2 Å². The van der Waals surface area contributed by atoms with Gasteiger partial charge in [0.1, 0.15) is 5.75 Å². The first-order chi connectivity index (χ1) is 8.89. The molecule has 0 saturated carbocycles. The van der Waals surface area contributed by atoms with Crippen molar-refractivity contribution in [2.75, 3.05) is 0 Å². The van der Waals surface area contributed by atoms with Gasteiger partial charge in [0.25, 0.3) is 0 Å². The van der Waals surface area contributed by atoms with Gasteiger partial charge in [0.2, 0.25) is 0 Å². The van der Waals surface area contributed by atoms with Crippen LogP contribution in [0.25, 0.3) is 0 Å². The third-order valence-electron chi connectivity index (χ3n) is 3.09. The Morgan fingerprint density at radius 3 is 2.26 bits per heavy atom. The van der Waals surface area contributed by atoms with E-state index in [1.165, 1.54) is 0 Å². The molecule has 0 aromatic heterocycles. The van der Waals surface area contributed by atoms with Gasteiger partial charge in [-0.15, -0.1) is 0 Å². The Balaban J connectivity index is 2.42. The van der Waals surface area contributed by atoms with Gasteiger partial charge in [0.05, 0.1) is 5.60 Å². The van der Waals surface area contributed by atoms with Crippen LogP contribution >= 0.6 is 8.58 Å². The second kappa shape index (κ2) is 5.32. The fraction of sp³-hybridized carbons (Fsp3) is 0.250. The van der Waals surface area contributed by atoms with Crippen molar-refractivity contribution < 1.29 is 10.2 Å². The third-order valence-corrected chi connectivity index (χ3v) is 4.47. The van der Waals surface area contributed by atoms with Crippen molar-refractivity contribution in [2.45, 2.75) is 26.4 Å². The summed E-state index contributed by atoms with van der Waals surface area (Å²) < 4.78 is 0. The molecular formula is C16H19O2P. The van der Waals surface area contributed by atoms with E-state index in [1.54, 1.807) is 13.8 Å². The lowest BCUT2D eigenvalue weighted by Gasteiger charge is -2.22. The highest BCUT2D eigenvalue weighted by atomic mass is 31.1. The molecule has 0 aliphatic heterocycles. The summed E-state index contributed by atoms with van der Waals surface area (Å²) in [4.78, 5) is 0. The predicted molar refractivity (Wildman–Crippen MR) is 82.1 cm³/mol. The van der Waals surface area contributed by atoms with Crippen molar-refractivity contribution in [1.82, 2.24) is 0 Å². The summed E-state index contributed by atoms with van der Waals surface area (Å²) in [5.74, 6) is 0.353. The summed E-state index contributed by atoms with van der Waals surface area (Å²) in [7, 11) is 0.334. The Labute approximate surface area is 115 Å². The summed E-state index contributed by atoms with van der Waals surface area (Å²) in [6, 6.07) is 13.6. The summed E-state index contributed by atoms with van der Waals surface area (Å²) in [5.41, 5.74) is 0.920. The van der Waals surface area contributed by atoms with Gasteiger partial charge in [-0.3, -0.25) is 0 Å². The fourth-order valence-corrected chi connectivity index (χ4v) is 3.52. The molecule has 19 heavy (non-hydrogen) atoms. The molecule has 3 heteroatoms. The van der Waals surface area contributed by atoms with Crippen molar-refractivity contribution in [3.63, 3.8) is 0 Å². The molecule has 2 nitrogen and oxygen atoms in total. The van der Waals surface area contributed by atoms with E-state index < -0.39 is 5.60 Å². The van der Waals surface area contributed by atoms with Crippen molar-refractivity contribution in [1.29, 1.82) is 0 Å². The first-order valence-electron chi connectivity index (χ1n) is 6.27. The van der Waals surface area contributed by atoms with Crippen LogP contribution < -0.4 is 10.6 Å². The molecule has 2 aromatic rings. The number of aryl methyl sites for hydroxylation is 1. The van der Waals surface area contributed by atoms with E-state index in [0.717, 1.165) is 21.7 Å². The summed E-state index contributed by atoms with van der Waals surface area (Å²) in [6.07, 6.45) is 0. The summed E-state index contributed by atoms with van der Waals surface area (Å²) >= 11 is 0. The van der Waals surface area contributed by atoms with Gasteiger partial charge < -0.3 is 10.2 Å². The summed E-state index contributed by atoms with van der Waals surface area (Å²) in [6.45, 7) is 5.46. The zero-order valence-corrected chi connectivity index (χ0v) is 12.4. The van der Waals surface area contributed by atoms with E-state index >= 15 is 0 Å². The second-order valence-electron chi connectivity index (χ2n) is 5.20. The fourth-order valence-electron chi connectivity index (χ4n) is 2.03. The Hall–Kier alpha value is -1.37. The number of aliphatic hydroxyl groups is 1. The van der Waals surface area contributed by atoms with Gasteiger partial charge in [0.15, 0.2) is 0 Å². The van der Waals surface area contributed by atoms with Gasteiger partial charge in [-0.1, -0.05) is 51.0 Å². The number of para-hydroxylation sites is 1.